The highest BCUT2D eigenvalue weighted by Crippen LogP contribution is 2.13. The molecule has 0 aliphatic rings. The average molecular weight is 183 g/mol. The smallest absolute Gasteiger partial charge is 0.00143 e. The largest absolute Gasteiger partial charge is 0.317 e. The zero-order valence-corrected chi connectivity index (χ0v) is 9.69. The van der Waals surface area contributed by atoms with Crippen molar-refractivity contribution in [2.45, 2.75) is 47.0 Å². The molecule has 0 spiro atoms. The molecule has 0 saturated carbocycles. The van der Waals surface area contributed by atoms with Crippen LogP contribution in [-0.4, -0.2) is 13.1 Å². The number of allylic oxidation sites excluding steroid dienone is 1. The van der Waals surface area contributed by atoms with Gasteiger partial charge in [0.15, 0.2) is 0 Å². The Morgan fingerprint density at radius 2 is 2.08 bits per heavy atom. The van der Waals surface area contributed by atoms with Gasteiger partial charge in [0.1, 0.15) is 0 Å². The first-order chi connectivity index (χ1) is 6.20. The van der Waals surface area contributed by atoms with Crippen LogP contribution in [0.1, 0.15) is 47.0 Å². The fraction of sp³-hybridized carbons (Fsp3) is 0.833. The highest BCUT2D eigenvalue weighted by atomic mass is 14.8. The minimum atomic E-state index is 0.843. The third kappa shape index (κ3) is 8.04. The molecule has 0 aromatic carbocycles. The molecule has 0 bridgehead atoms. The molecule has 0 aromatic heterocycles. The molecule has 1 nitrogen and oxygen atoms in total. The number of hydrogen-bond acceptors (Lipinski definition) is 1. The van der Waals surface area contributed by atoms with Gasteiger partial charge in [0.25, 0.3) is 0 Å². The first-order valence-corrected chi connectivity index (χ1v) is 5.57. The zero-order chi connectivity index (χ0) is 10.1. The summed E-state index contributed by atoms with van der Waals surface area (Å²) < 4.78 is 0. The van der Waals surface area contributed by atoms with Gasteiger partial charge in [-0.25, -0.2) is 0 Å². The minimum absolute atomic E-state index is 0.843. The van der Waals surface area contributed by atoms with Crippen molar-refractivity contribution >= 4 is 0 Å². The summed E-state index contributed by atoms with van der Waals surface area (Å²) in [5.74, 6) is 0.843. The maximum atomic E-state index is 3.33. The van der Waals surface area contributed by atoms with Crippen LogP contribution >= 0.6 is 0 Å². The number of hydrogen-bond donors (Lipinski definition) is 1. The van der Waals surface area contributed by atoms with Crippen LogP contribution in [0.4, 0.5) is 0 Å². The maximum Gasteiger partial charge on any atom is -0.00143 e. The first-order valence-electron chi connectivity index (χ1n) is 5.57. The van der Waals surface area contributed by atoms with Crippen molar-refractivity contribution < 1.29 is 0 Å². The van der Waals surface area contributed by atoms with Crippen LogP contribution in [-0.2, 0) is 0 Å². The van der Waals surface area contributed by atoms with Gasteiger partial charge >= 0.3 is 0 Å². The Morgan fingerprint density at radius 3 is 2.62 bits per heavy atom. The Kier molecular flexibility index (Phi) is 8.11. The molecule has 0 fully saturated rings. The molecular weight excluding hydrogens is 158 g/mol. The molecule has 0 aromatic rings. The fourth-order valence-electron chi connectivity index (χ4n) is 1.37. The summed E-state index contributed by atoms with van der Waals surface area (Å²) >= 11 is 0. The molecule has 78 valence electrons. The Bertz CT molecular complexity index is 138. The van der Waals surface area contributed by atoms with E-state index >= 15 is 0 Å². The molecule has 13 heavy (non-hydrogen) atoms. The van der Waals surface area contributed by atoms with Gasteiger partial charge in [-0.05, 0) is 38.8 Å². The summed E-state index contributed by atoms with van der Waals surface area (Å²) in [7, 11) is 0. The van der Waals surface area contributed by atoms with Crippen LogP contribution in [0.2, 0.25) is 0 Å². The third-order valence-corrected chi connectivity index (χ3v) is 2.43. The second-order valence-electron chi connectivity index (χ2n) is 3.91. The van der Waals surface area contributed by atoms with E-state index in [9.17, 15) is 0 Å². The van der Waals surface area contributed by atoms with Crippen LogP contribution < -0.4 is 5.32 Å². The van der Waals surface area contributed by atoms with Crippen molar-refractivity contribution in [2.75, 3.05) is 13.1 Å². The molecule has 0 heterocycles. The zero-order valence-electron chi connectivity index (χ0n) is 9.69. The molecule has 1 unspecified atom stereocenters. The SMILES string of the molecule is CCNCCC=C(C)CC(C)CC. The van der Waals surface area contributed by atoms with Crippen LogP contribution in [0.5, 0.6) is 0 Å². The normalized spacial score (nSPS) is 14.6. The van der Waals surface area contributed by atoms with E-state index in [2.05, 4.69) is 39.1 Å². The summed E-state index contributed by atoms with van der Waals surface area (Å²) in [5.41, 5.74) is 1.55. The van der Waals surface area contributed by atoms with E-state index in [1.807, 2.05) is 0 Å². The van der Waals surface area contributed by atoms with Crippen LogP contribution in [0.25, 0.3) is 0 Å². The second-order valence-corrected chi connectivity index (χ2v) is 3.91. The van der Waals surface area contributed by atoms with Crippen LogP contribution in [0, 0.1) is 5.92 Å². The van der Waals surface area contributed by atoms with Crippen molar-refractivity contribution in [1.29, 1.82) is 0 Å². The molecule has 0 radical (unpaired) electrons. The fourth-order valence-corrected chi connectivity index (χ4v) is 1.37. The Balaban J connectivity index is 3.50. The van der Waals surface area contributed by atoms with E-state index in [0.717, 1.165) is 19.0 Å². The monoisotopic (exact) mass is 183 g/mol. The summed E-state index contributed by atoms with van der Waals surface area (Å²) in [6, 6.07) is 0. The van der Waals surface area contributed by atoms with Gasteiger partial charge in [-0.3, -0.25) is 0 Å². The lowest BCUT2D eigenvalue weighted by molar-refractivity contribution is 0.555. The second kappa shape index (κ2) is 8.31. The summed E-state index contributed by atoms with van der Waals surface area (Å²) in [5, 5.41) is 3.33. The molecule has 1 N–H and O–H groups in total. The van der Waals surface area contributed by atoms with E-state index < -0.39 is 0 Å². The maximum absolute atomic E-state index is 3.33. The lowest BCUT2D eigenvalue weighted by atomic mass is 9.99. The quantitative estimate of drug-likeness (QED) is 0.471. The van der Waals surface area contributed by atoms with E-state index in [1.165, 1.54) is 19.3 Å². The minimum Gasteiger partial charge on any atom is -0.317 e. The third-order valence-electron chi connectivity index (χ3n) is 2.43. The first kappa shape index (κ1) is 12.7. The summed E-state index contributed by atoms with van der Waals surface area (Å²) in [4.78, 5) is 0. The predicted octanol–water partition coefficient (Wildman–Crippen LogP) is 3.37. The molecule has 1 heteroatoms. The molecule has 1 atom stereocenters. The molecule has 0 aliphatic carbocycles. The summed E-state index contributed by atoms with van der Waals surface area (Å²) in [6.07, 6.45) is 6.10. The van der Waals surface area contributed by atoms with E-state index in [0.29, 0.717) is 0 Å². The van der Waals surface area contributed by atoms with Crippen LogP contribution in [0.3, 0.4) is 0 Å². The van der Waals surface area contributed by atoms with Crippen molar-refractivity contribution in [3.05, 3.63) is 11.6 Å². The van der Waals surface area contributed by atoms with Gasteiger partial charge < -0.3 is 5.32 Å². The molecule has 0 aliphatic heterocycles. The molecule has 0 rings (SSSR count). The van der Waals surface area contributed by atoms with Crippen molar-refractivity contribution in [1.82, 2.24) is 5.32 Å². The standard InChI is InChI=1S/C12H25N/c1-5-11(3)10-12(4)8-7-9-13-6-2/h8,11,13H,5-7,9-10H2,1-4H3. The van der Waals surface area contributed by atoms with E-state index in [-0.39, 0.29) is 0 Å². The van der Waals surface area contributed by atoms with E-state index in [4.69, 9.17) is 0 Å². The van der Waals surface area contributed by atoms with Gasteiger partial charge in [-0.2, -0.15) is 0 Å². The Hall–Kier alpha value is -0.300. The number of rotatable bonds is 7. The highest BCUT2D eigenvalue weighted by molar-refractivity contribution is 4.98. The highest BCUT2D eigenvalue weighted by Gasteiger charge is 1.98. The van der Waals surface area contributed by atoms with Gasteiger partial charge in [0.05, 0.1) is 0 Å². The van der Waals surface area contributed by atoms with E-state index in [1.54, 1.807) is 5.57 Å². The van der Waals surface area contributed by atoms with Crippen molar-refractivity contribution in [3.63, 3.8) is 0 Å². The van der Waals surface area contributed by atoms with Gasteiger partial charge in [0, 0.05) is 0 Å². The topological polar surface area (TPSA) is 12.0 Å². The number of nitrogens with one attached hydrogen (secondary N) is 1. The molecular formula is C12H25N. The lowest BCUT2D eigenvalue weighted by Gasteiger charge is -2.08. The Morgan fingerprint density at radius 1 is 1.38 bits per heavy atom. The van der Waals surface area contributed by atoms with Crippen LogP contribution in [0.15, 0.2) is 11.6 Å². The van der Waals surface area contributed by atoms with Gasteiger partial charge in [0.2, 0.25) is 0 Å². The lowest BCUT2D eigenvalue weighted by Crippen LogP contribution is -2.13. The van der Waals surface area contributed by atoms with Crippen molar-refractivity contribution in [3.8, 4) is 0 Å². The van der Waals surface area contributed by atoms with Crippen molar-refractivity contribution in [2.24, 2.45) is 5.92 Å². The van der Waals surface area contributed by atoms with Gasteiger partial charge in [-0.15, -0.1) is 0 Å². The Labute approximate surface area is 83.6 Å². The molecule has 0 amide bonds. The average Bonchev–Trinajstić information content (AvgIpc) is 2.12. The predicted molar refractivity (Wildman–Crippen MR) is 61.0 cm³/mol. The summed E-state index contributed by atoms with van der Waals surface area (Å²) in [6.45, 7) is 11.2. The molecule has 0 saturated heterocycles. The van der Waals surface area contributed by atoms with Gasteiger partial charge in [-0.1, -0.05) is 38.8 Å².